The summed E-state index contributed by atoms with van der Waals surface area (Å²) in [5.74, 6) is 1.09. The standard InChI is InChI=1S/C30H35N3O/c1-22(31)25-13-8-14-26(17-25)30(34)33-20-28(24-11-6-3-7-12-24)18-29(33)21-32-16-15-27(19-32)23-9-4-2-5-10-23/h2-14,17,22,27-29H,15-16,18-21,31H2,1H3. The highest BCUT2D eigenvalue weighted by atomic mass is 16.2. The Kier molecular flexibility index (Phi) is 6.80. The number of benzene rings is 3. The molecule has 0 saturated carbocycles. The van der Waals surface area contributed by atoms with Crippen molar-refractivity contribution >= 4 is 5.91 Å². The van der Waals surface area contributed by atoms with E-state index >= 15 is 0 Å². The lowest BCUT2D eigenvalue weighted by Gasteiger charge is -2.29. The van der Waals surface area contributed by atoms with E-state index in [-0.39, 0.29) is 18.0 Å². The zero-order chi connectivity index (χ0) is 23.5. The van der Waals surface area contributed by atoms with Gasteiger partial charge >= 0.3 is 0 Å². The molecule has 0 spiro atoms. The van der Waals surface area contributed by atoms with E-state index in [2.05, 4.69) is 70.5 Å². The lowest BCUT2D eigenvalue weighted by molar-refractivity contribution is 0.0707. The minimum Gasteiger partial charge on any atom is -0.334 e. The van der Waals surface area contributed by atoms with Crippen LogP contribution in [0.3, 0.4) is 0 Å². The predicted octanol–water partition coefficient (Wildman–Crippen LogP) is 5.19. The van der Waals surface area contributed by atoms with Gasteiger partial charge in [-0.1, -0.05) is 72.8 Å². The highest BCUT2D eigenvalue weighted by Crippen LogP contribution is 2.35. The van der Waals surface area contributed by atoms with Crippen LogP contribution in [-0.2, 0) is 0 Å². The van der Waals surface area contributed by atoms with E-state index in [1.165, 1.54) is 17.5 Å². The van der Waals surface area contributed by atoms with Crippen LogP contribution in [0.25, 0.3) is 0 Å². The predicted molar refractivity (Wildman–Crippen MR) is 138 cm³/mol. The van der Waals surface area contributed by atoms with Crippen molar-refractivity contribution in [3.8, 4) is 0 Å². The van der Waals surface area contributed by atoms with Crippen LogP contribution in [0.15, 0.2) is 84.9 Å². The fraction of sp³-hybridized carbons (Fsp3) is 0.367. The van der Waals surface area contributed by atoms with Gasteiger partial charge in [-0.05, 0) is 61.1 Å². The molecular weight excluding hydrogens is 418 g/mol. The quantitative estimate of drug-likeness (QED) is 0.558. The van der Waals surface area contributed by atoms with Crippen molar-refractivity contribution < 1.29 is 4.79 Å². The van der Waals surface area contributed by atoms with Crippen molar-refractivity contribution in [2.45, 2.75) is 43.7 Å². The second-order valence-corrected chi connectivity index (χ2v) is 10.0. The van der Waals surface area contributed by atoms with Crippen LogP contribution >= 0.6 is 0 Å². The fourth-order valence-corrected chi connectivity index (χ4v) is 5.72. The van der Waals surface area contributed by atoms with Gasteiger partial charge in [-0.2, -0.15) is 0 Å². The number of carbonyl (C=O) groups excluding carboxylic acids is 1. The van der Waals surface area contributed by atoms with Crippen molar-refractivity contribution in [2.24, 2.45) is 5.73 Å². The Bertz CT molecular complexity index is 1100. The third kappa shape index (κ3) is 4.94. The number of nitrogens with two attached hydrogens (primary N) is 1. The largest absolute Gasteiger partial charge is 0.334 e. The first-order valence-corrected chi connectivity index (χ1v) is 12.6. The Morgan fingerprint density at radius 1 is 0.912 bits per heavy atom. The van der Waals surface area contributed by atoms with Crippen LogP contribution in [0.4, 0.5) is 0 Å². The molecule has 0 radical (unpaired) electrons. The molecule has 2 aliphatic heterocycles. The smallest absolute Gasteiger partial charge is 0.254 e. The molecule has 2 fully saturated rings. The molecule has 1 amide bonds. The number of hydrogen-bond acceptors (Lipinski definition) is 3. The number of amides is 1. The molecule has 0 aliphatic carbocycles. The second kappa shape index (κ2) is 10.1. The molecule has 2 aliphatic rings. The number of likely N-dealkylation sites (tertiary alicyclic amines) is 2. The molecule has 176 valence electrons. The van der Waals surface area contributed by atoms with Gasteiger partial charge in [0, 0.05) is 43.2 Å². The summed E-state index contributed by atoms with van der Waals surface area (Å²) >= 11 is 0. The lowest BCUT2D eigenvalue weighted by atomic mass is 9.96. The molecule has 3 aromatic carbocycles. The SMILES string of the molecule is CC(N)c1cccc(C(=O)N2CC(c3ccccc3)CC2CN2CCC(c3ccccc3)C2)c1. The molecule has 34 heavy (non-hydrogen) atoms. The van der Waals surface area contributed by atoms with Gasteiger partial charge in [-0.15, -0.1) is 0 Å². The molecule has 4 unspecified atom stereocenters. The summed E-state index contributed by atoms with van der Waals surface area (Å²) in [6.07, 6.45) is 2.19. The van der Waals surface area contributed by atoms with Crippen molar-refractivity contribution in [1.29, 1.82) is 0 Å². The summed E-state index contributed by atoms with van der Waals surface area (Å²) in [7, 11) is 0. The van der Waals surface area contributed by atoms with E-state index in [1.54, 1.807) is 0 Å². The maximum atomic E-state index is 13.7. The lowest BCUT2D eigenvalue weighted by Crippen LogP contribution is -2.42. The van der Waals surface area contributed by atoms with Crippen LogP contribution in [0.2, 0.25) is 0 Å². The molecule has 2 N–H and O–H groups in total. The van der Waals surface area contributed by atoms with Gasteiger partial charge in [0.1, 0.15) is 0 Å². The Labute approximate surface area is 203 Å². The van der Waals surface area contributed by atoms with Crippen molar-refractivity contribution in [3.63, 3.8) is 0 Å². The Morgan fingerprint density at radius 3 is 2.26 bits per heavy atom. The van der Waals surface area contributed by atoms with Crippen LogP contribution < -0.4 is 5.73 Å². The summed E-state index contributed by atoms with van der Waals surface area (Å²) < 4.78 is 0. The summed E-state index contributed by atoms with van der Waals surface area (Å²) in [4.78, 5) is 18.4. The van der Waals surface area contributed by atoms with Crippen molar-refractivity contribution in [3.05, 3.63) is 107 Å². The van der Waals surface area contributed by atoms with Gasteiger partial charge in [-0.3, -0.25) is 4.79 Å². The first-order chi connectivity index (χ1) is 16.6. The molecular formula is C30H35N3O. The van der Waals surface area contributed by atoms with Crippen LogP contribution in [-0.4, -0.2) is 47.9 Å². The summed E-state index contributed by atoms with van der Waals surface area (Å²) in [5.41, 5.74) is 10.6. The van der Waals surface area contributed by atoms with Crippen molar-refractivity contribution in [2.75, 3.05) is 26.2 Å². The maximum absolute atomic E-state index is 13.7. The van der Waals surface area contributed by atoms with Gasteiger partial charge in [0.05, 0.1) is 0 Å². The third-order valence-corrected chi connectivity index (χ3v) is 7.62. The molecule has 2 heterocycles. The summed E-state index contributed by atoms with van der Waals surface area (Å²) in [5, 5.41) is 0. The minimum atomic E-state index is -0.0845. The minimum absolute atomic E-state index is 0.0845. The molecule has 0 aromatic heterocycles. The average molecular weight is 454 g/mol. The topological polar surface area (TPSA) is 49.6 Å². The molecule has 4 nitrogen and oxygen atoms in total. The summed E-state index contributed by atoms with van der Waals surface area (Å²) in [6.45, 7) is 5.83. The van der Waals surface area contributed by atoms with Crippen molar-refractivity contribution in [1.82, 2.24) is 9.80 Å². The molecule has 0 bridgehead atoms. The normalized spacial score (nSPS) is 23.8. The monoisotopic (exact) mass is 453 g/mol. The van der Waals surface area contributed by atoms with Crippen LogP contribution in [0.1, 0.15) is 64.7 Å². The zero-order valence-electron chi connectivity index (χ0n) is 20.0. The van der Waals surface area contributed by atoms with Crippen LogP contribution in [0.5, 0.6) is 0 Å². The number of rotatable bonds is 6. The Morgan fingerprint density at radius 2 is 1.59 bits per heavy atom. The molecule has 3 aromatic rings. The second-order valence-electron chi connectivity index (χ2n) is 10.0. The zero-order valence-corrected chi connectivity index (χ0v) is 20.0. The Hall–Kier alpha value is -2.95. The van der Waals surface area contributed by atoms with E-state index in [0.717, 1.165) is 43.7 Å². The number of carbonyl (C=O) groups is 1. The Balaban J connectivity index is 1.35. The maximum Gasteiger partial charge on any atom is 0.254 e. The number of nitrogens with zero attached hydrogens (tertiary/aromatic N) is 2. The van der Waals surface area contributed by atoms with Gasteiger partial charge in [0.15, 0.2) is 0 Å². The van der Waals surface area contributed by atoms with Gasteiger partial charge < -0.3 is 15.5 Å². The fourth-order valence-electron chi connectivity index (χ4n) is 5.72. The molecule has 5 rings (SSSR count). The van der Waals surface area contributed by atoms with Crippen LogP contribution in [0, 0.1) is 0 Å². The van der Waals surface area contributed by atoms with E-state index in [9.17, 15) is 4.79 Å². The number of hydrogen-bond donors (Lipinski definition) is 1. The molecule has 4 heteroatoms. The van der Waals surface area contributed by atoms with E-state index < -0.39 is 0 Å². The van der Waals surface area contributed by atoms with E-state index in [1.807, 2.05) is 31.2 Å². The molecule has 2 saturated heterocycles. The molecule has 4 atom stereocenters. The van der Waals surface area contributed by atoms with E-state index in [0.29, 0.717) is 11.8 Å². The highest BCUT2D eigenvalue weighted by Gasteiger charge is 2.38. The van der Waals surface area contributed by atoms with E-state index in [4.69, 9.17) is 5.73 Å². The average Bonchev–Trinajstić information content (AvgIpc) is 3.52. The van der Waals surface area contributed by atoms with Gasteiger partial charge in [0.2, 0.25) is 0 Å². The first-order valence-electron chi connectivity index (χ1n) is 12.6. The van der Waals surface area contributed by atoms with Gasteiger partial charge in [-0.25, -0.2) is 0 Å². The summed E-state index contributed by atoms with van der Waals surface area (Å²) in [6, 6.07) is 29.5. The van der Waals surface area contributed by atoms with Gasteiger partial charge in [0.25, 0.3) is 5.91 Å². The third-order valence-electron chi connectivity index (χ3n) is 7.62. The first kappa shape index (κ1) is 22.8. The highest BCUT2D eigenvalue weighted by molar-refractivity contribution is 5.95.